The molecule has 0 bridgehead atoms. The van der Waals surface area contributed by atoms with Crippen molar-refractivity contribution in [2.45, 2.75) is 41.5 Å². The summed E-state index contributed by atoms with van der Waals surface area (Å²) in [7, 11) is 0. The van der Waals surface area contributed by atoms with Crippen molar-refractivity contribution < 1.29 is 81.5 Å². The van der Waals surface area contributed by atoms with Gasteiger partial charge in [-0.15, -0.1) is 0 Å². The van der Waals surface area contributed by atoms with Gasteiger partial charge in [0, 0.05) is 53.6 Å². The summed E-state index contributed by atoms with van der Waals surface area (Å²) in [5, 5.41) is 0. The van der Waals surface area contributed by atoms with Crippen molar-refractivity contribution in [1.82, 2.24) is 0 Å². The third-order valence-electron chi connectivity index (χ3n) is 3.80. The zero-order valence-corrected chi connectivity index (χ0v) is 24.1. The van der Waals surface area contributed by atoms with Gasteiger partial charge in [0.05, 0.1) is 0 Å². The molecule has 0 aliphatic rings. The molecule has 0 N–H and O–H groups in total. The SMILES string of the molecule is Cc1c(C)c(C)c(C)c(C)c1C.[C-]#[O+].[C-]#[O+].[C-]#[O+].[C-]#[O+].[C-]#[O+].[C-]#[O+].[Mn].[Mn].[Ru].c1cc[se]c1. The Morgan fingerprint density at radius 1 is 0.438 bits per heavy atom. The van der Waals surface area contributed by atoms with E-state index < -0.39 is 0 Å². The van der Waals surface area contributed by atoms with Gasteiger partial charge in [-0.05, 0) is 74.9 Å². The number of benzene rings is 1. The number of rotatable bonds is 0. The van der Waals surface area contributed by atoms with Crippen LogP contribution in [0, 0.1) is 81.4 Å². The van der Waals surface area contributed by atoms with E-state index in [1.807, 2.05) is 0 Å². The third kappa shape index (κ3) is 29.3. The Bertz CT molecular complexity index is 581. The Balaban J connectivity index is -0.0000000324. The van der Waals surface area contributed by atoms with Crippen LogP contribution in [0.25, 0.3) is 0 Å². The van der Waals surface area contributed by atoms with Crippen LogP contribution in [-0.2, 0) is 81.5 Å². The molecule has 2 aromatic rings. The molecule has 0 unspecified atom stereocenters. The molecule has 10 heteroatoms. The van der Waals surface area contributed by atoms with Crippen LogP contribution in [0.4, 0.5) is 0 Å². The fraction of sp³-hybridized carbons (Fsp3) is 0.273. The summed E-state index contributed by atoms with van der Waals surface area (Å²) in [4.78, 5) is 4.38. The van der Waals surface area contributed by atoms with E-state index in [-0.39, 0.29) is 53.6 Å². The molecule has 0 spiro atoms. The molecule has 0 saturated carbocycles. The zero-order valence-electron chi connectivity index (χ0n) is 18.3. The van der Waals surface area contributed by atoms with E-state index in [0.29, 0.717) is 14.5 Å². The molecule has 1 aromatic heterocycles. The number of hydrogen-bond donors (Lipinski definition) is 0. The van der Waals surface area contributed by atoms with Crippen LogP contribution < -0.4 is 0 Å². The predicted octanol–water partition coefficient (Wildman–Crippen LogP) is 4.05. The van der Waals surface area contributed by atoms with E-state index in [1.165, 1.54) is 33.4 Å². The Labute approximate surface area is 231 Å². The third-order valence-corrected chi connectivity index (χ3v) is 5.12. The molecule has 0 atom stereocenters. The summed E-state index contributed by atoms with van der Waals surface area (Å²) < 4.78 is 45.0. The van der Waals surface area contributed by atoms with Crippen LogP contribution in [-0.4, -0.2) is 14.5 Å². The molecule has 0 amide bonds. The van der Waals surface area contributed by atoms with E-state index in [4.69, 9.17) is 27.9 Å². The standard InChI is InChI=1S/C12H18.C4H4Se.6CO.2Mn.Ru/c1-7-8(2)10(4)12(6)11(5)9(7)3;1-2-4-5-3-1;6*1-2;;;/h1-6H3;1-4H;;;;;;;;;. The van der Waals surface area contributed by atoms with Crippen LogP contribution in [0.5, 0.6) is 0 Å². The maximum atomic E-state index is 7.50. The van der Waals surface area contributed by atoms with E-state index in [9.17, 15) is 0 Å². The summed E-state index contributed by atoms with van der Waals surface area (Å²) in [6, 6.07) is 4.17. The first kappa shape index (κ1) is 57.8. The Morgan fingerprint density at radius 3 is 0.625 bits per heavy atom. The van der Waals surface area contributed by atoms with Crippen LogP contribution >= 0.6 is 0 Å². The molecular formula is C22H22Mn2O6RuSe. The zero-order chi connectivity index (χ0) is 25.0. The van der Waals surface area contributed by atoms with Gasteiger partial charge >= 0.3 is 104 Å². The summed E-state index contributed by atoms with van der Waals surface area (Å²) in [6.45, 7) is 40.3. The average Bonchev–Trinajstić information content (AvgIpc) is 3.43. The van der Waals surface area contributed by atoms with Gasteiger partial charge in [-0.25, -0.2) is 0 Å². The number of hydrogen-bond acceptors (Lipinski definition) is 0. The van der Waals surface area contributed by atoms with Gasteiger partial charge in [-0.1, -0.05) is 0 Å². The first-order chi connectivity index (χ1) is 14.0. The van der Waals surface area contributed by atoms with Crippen LogP contribution in [0.15, 0.2) is 22.0 Å². The normalized spacial score (nSPS) is 5.56. The second-order valence-corrected chi connectivity index (χ2v) is 6.26. The fourth-order valence-corrected chi connectivity index (χ4v) is 2.87. The molecule has 2 rings (SSSR count). The molecule has 32 heavy (non-hydrogen) atoms. The van der Waals surface area contributed by atoms with Crippen LogP contribution in [0.3, 0.4) is 0 Å². The minimum absolute atomic E-state index is 0. The van der Waals surface area contributed by atoms with Crippen molar-refractivity contribution in [3.63, 3.8) is 0 Å². The molecule has 0 saturated heterocycles. The van der Waals surface area contributed by atoms with Crippen molar-refractivity contribution >= 4 is 14.5 Å². The molecule has 0 fully saturated rings. The van der Waals surface area contributed by atoms with Gasteiger partial charge in [0.1, 0.15) is 0 Å². The fourth-order valence-electron chi connectivity index (χ4n) is 1.91. The molecule has 2 radical (unpaired) electrons. The maximum absolute atomic E-state index is 7.50. The van der Waals surface area contributed by atoms with E-state index in [1.54, 1.807) is 0 Å². The Morgan fingerprint density at radius 2 is 0.562 bits per heavy atom. The van der Waals surface area contributed by atoms with Gasteiger partial charge in [0.25, 0.3) is 0 Å². The topological polar surface area (TPSA) is 119 Å². The minimum atomic E-state index is 0. The molecule has 0 aliphatic heterocycles. The summed E-state index contributed by atoms with van der Waals surface area (Å²) in [5.74, 6) is 0. The monoisotopic (exact) mass is 674 g/mol. The van der Waals surface area contributed by atoms with Crippen molar-refractivity contribution in [3.05, 3.63) is 95.3 Å². The molecule has 174 valence electrons. The van der Waals surface area contributed by atoms with E-state index >= 15 is 0 Å². The van der Waals surface area contributed by atoms with Crippen molar-refractivity contribution in [2.75, 3.05) is 0 Å². The van der Waals surface area contributed by atoms with Gasteiger partial charge in [0.2, 0.25) is 0 Å². The average molecular weight is 672 g/mol. The molecular weight excluding hydrogens is 650 g/mol. The van der Waals surface area contributed by atoms with Gasteiger partial charge in [0.15, 0.2) is 0 Å². The Kier molecular flexibility index (Phi) is 94.5. The molecule has 1 heterocycles. The van der Waals surface area contributed by atoms with Crippen molar-refractivity contribution in [2.24, 2.45) is 0 Å². The van der Waals surface area contributed by atoms with E-state index in [2.05, 4.69) is 103 Å². The summed E-state index contributed by atoms with van der Waals surface area (Å²) in [6.07, 6.45) is 0. The van der Waals surface area contributed by atoms with E-state index in [0.717, 1.165) is 0 Å². The first-order valence-corrected chi connectivity index (χ1v) is 9.17. The molecule has 1 aromatic carbocycles. The molecule has 6 nitrogen and oxygen atoms in total. The van der Waals surface area contributed by atoms with Crippen molar-refractivity contribution in [1.29, 1.82) is 0 Å². The quantitative estimate of drug-likeness (QED) is 0.228. The summed E-state index contributed by atoms with van der Waals surface area (Å²) in [5.41, 5.74) is 8.73. The van der Waals surface area contributed by atoms with Crippen LogP contribution in [0.2, 0.25) is 0 Å². The van der Waals surface area contributed by atoms with Gasteiger partial charge in [-0.2, -0.15) is 0 Å². The second kappa shape index (κ2) is 52.3. The first-order valence-electron chi connectivity index (χ1n) is 7.20. The van der Waals surface area contributed by atoms with Crippen LogP contribution in [0.1, 0.15) is 33.4 Å². The summed E-state index contributed by atoms with van der Waals surface area (Å²) >= 11 is 0.708. The predicted molar refractivity (Wildman–Crippen MR) is 102 cm³/mol. The van der Waals surface area contributed by atoms with Gasteiger partial charge in [-0.3, -0.25) is 0 Å². The van der Waals surface area contributed by atoms with Crippen molar-refractivity contribution in [3.8, 4) is 0 Å². The molecule has 0 aliphatic carbocycles. The Hall–Kier alpha value is -0.678. The second-order valence-electron chi connectivity index (χ2n) is 4.54. The van der Waals surface area contributed by atoms with Gasteiger partial charge < -0.3 is 0 Å².